The van der Waals surface area contributed by atoms with Crippen LogP contribution in [-0.2, 0) is 9.53 Å². The van der Waals surface area contributed by atoms with Crippen LogP contribution < -0.4 is 4.74 Å². The summed E-state index contributed by atoms with van der Waals surface area (Å²) in [5, 5.41) is 0. The maximum Gasteiger partial charge on any atom is 0.339 e. The molecule has 1 aromatic carbocycles. The summed E-state index contributed by atoms with van der Waals surface area (Å²) in [5.74, 6) is 6.92. The van der Waals surface area contributed by atoms with Crippen molar-refractivity contribution in [2.75, 3.05) is 6.61 Å². The Morgan fingerprint density at radius 3 is 2.28 bits per heavy atom. The van der Waals surface area contributed by atoms with Crippen molar-refractivity contribution >= 4 is 11.9 Å². The van der Waals surface area contributed by atoms with Crippen molar-refractivity contribution in [1.82, 2.24) is 4.98 Å². The zero-order valence-electron chi connectivity index (χ0n) is 21.8. The fourth-order valence-electron chi connectivity index (χ4n) is 4.50. The molecule has 0 atom stereocenters. The maximum atomic E-state index is 12.6. The first kappa shape index (κ1) is 27.5. The van der Waals surface area contributed by atoms with Crippen LogP contribution in [0.5, 0.6) is 5.75 Å². The molecule has 36 heavy (non-hydrogen) atoms. The van der Waals surface area contributed by atoms with Crippen molar-refractivity contribution in [2.24, 2.45) is 11.8 Å². The van der Waals surface area contributed by atoms with Crippen LogP contribution in [0.4, 0.5) is 0 Å². The highest BCUT2D eigenvalue weighted by molar-refractivity contribution is 5.89. The number of ether oxygens (including phenoxy) is 2. The van der Waals surface area contributed by atoms with Gasteiger partial charge in [0.05, 0.1) is 18.1 Å². The van der Waals surface area contributed by atoms with Gasteiger partial charge in [0.2, 0.25) is 0 Å². The first-order chi connectivity index (χ1) is 17.6. The van der Waals surface area contributed by atoms with Gasteiger partial charge < -0.3 is 9.47 Å². The van der Waals surface area contributed by atoms with Gasteiger partial charge in [-0.3, -0.25) is 4.79 Å². The van der Waals surface area contributed by atoms with Crippen LogP contribution in [0.1, 0.15) is 106 Å². The number of hydrogen-bond acceptors (Lipinski definition) is 5. The molecule has 5 heteroatoms. The van der Waals surface area contributed by atoms with Crippen molar-refractivity contribution in [2.45, 2.75) is 84.5 Å². The van der Waals surface area contributed by atoms with E-state index >= 15 is 0 Å². The molecule has 192 valence electrons. The molecule has 5 nitrogen and oxygen atoms in total. The molecule has 0 aliphatic heterocycles. The predicted octanol–water partition coefficient (Wildman–Crippen LogP) is 7.12. The van der Waals surface area contributed by atoms with Gasteiger partial charge in [0.1, 0.15) is 11.4 Å². The minimum atomic E-state index is -0.358. The largest absolute Gasteiger partial charge is 0.462 e. The van der Waals surface area contributed by atoms with Crippen molar-refractivity contribution in [1.29, 1.82) is 0 Å². The summed E-state index contributed by atoms with van der Waals surface area (Å²) >= 11 is 0. The number of pyridine rings is 1. The summed E-state index contributed by atoms with van der Waals surface area (Å²) in [4.78, 5) is 28.9. The highest BCUT2D eigenvalue weighted by Gasteiger charge is 2.27. The number of unbranched alkanes of at least 4 members (excludes halogenated alkanes) is 4. The van der Waals surface area contributed by atoms with Gasteiger partial charge >= 0.3 is 11.9 Å². The van der Waals surface area contributed by atoms with Crippen LogP contribution in [0.2, 0.25) is 0 Å². The molecule has 0 bridgehead atoms. The predicted molar refractivity (Wildman–Crippen MR) is 142 cm³/mol. The second kappa shape index (κ2) is 15.1. The molecule has 0 amide bonds. The number of nitrogens with zero attached hydrogens (tertiary/aromatic N) is 1. The zero-order valence-corrected chi connectivity index (χ0v) is 21.8. The summed E-state index contributed by atoms with van der Waals surface area (Å²) in [6.45, 7) is 4.77. The normalized spacial score (nSPS) is 17.1. The summed E-state index contributed by atoms with van der Waals surface area (Å²) in [7, 11) is 0. The van der Waals surface area contributed by atoms with Crippen molar-refractivity contribution in [3.63, 3.8) is 0 Å². The molecule has 0 radical (unpaired) electrons. The highest BCUT2D eigenvalue weighted by atomic mass is 16.5. The summed E-state index contributed by atoms with van der Waals surface area (Å²) < 4.78 is 10.9. The topological polar surface area (TPSA) is 65.5 Å². The minimum Gasteiger partial charge on any atom is -0.462 e. The molecule has 3 rings (SSSR count). The smallest absolute Gasteiger partial charge is 0.339 e. The lowest BCUT2D eigenvalue weighted by Crippen LogP contribution is -2.25. The van der Waals surface area contributed by atoms with E-state index in [1.54, 1.807) is 24.3 Å². The molecular weight excluding hydrogens is 450 g/mol. The molecule has 2 aromatic rings. The monoisotopic (exact) mass is 489 g/mol. The van der Waals surface area contributed by atoms with E-state index in [9.17, 15) is 9.59 Å². The van der Waals surface area contributed by atoms with E-state index in [0.717, 1.165) is 56.4 Å². The average Bonchev–Trinajstić information content (AvgIpc) is 2.91. The van der Waals surface area contributed by atoms with Crippen LogP contribution in [0.3, 0.4) is 0 Å². The Bertz CT molecular complexity index is 1010. The molecular formula is C31H39NO4. The highest BCUT2D eigenvalue weighted by Crippen LogP contribution is 2.33. The second-order valence-corrected chi connectivity index (χ2v) is 9.68. The number of esters is 2. The third-order valence-corrected chi connectivity index (χ3v) is 6.78. The molecule has 1 saturated carbocycles. The van der Waals surface area contributed by atoms with E-state index in [-0.39, 0.29) is 17.9 Å². The quantitative estimate of drug-likeness (QED) is 0.145. The van der Waals surface area contributed by atoms with Crippen LogP contribution in [0, 0.1) is 23.7 Å². The first-order valence-corrected chi connectivity index (χ1v) is 13.6. The molecule has 0 unspecified atom stereocenters. The van der Waals surface area contributed by atoms with Gasteiger partial charge in [0, 0.05) is 11.8 Å². The van der Waals surface area contributed by atoms with Crippen molar-refractivity contribution in [3.8, 4) is 17.6 Å². The molecule has 0 N–H and O–H groups in total. The van der Waals surface area contributed by atoms with Gasteiger partial charge in [0.25, 0.3) is 0 Å². The lowest BCUT2D eigenvalue weighted by Gasteiger charge is -2.27. The van der Waals surface area contributed by atoms with E-state index in [4.69, 9.17) is 9.47 Å². The fraction of sp³-hybridized carbons (Fsp3) is 0.516. The Kier molecular flexibility index (Phi) is 11.5. The third kappa shape index (κ3) is 9.15. The number of benzene rings is 1. The van der Waals surface area contributed by atoms with E-state index in [1.165, 1.54) is 31.9 Å². The Balaban J connectivity index is 1.44. The Morgan fingerprint density at radius 2 is 1.61 bits per heavy atom. The Hall–Kier alpha value is -3.13. The van der Waals surface area contributed by atoms with Gasteiger partial charge in [-0.2, -0.15) is 0 Å². The van der Waals surface area contributed by atoms with Crippen molar-refractivity contribution in [3.05, 3.63) is 59.4 Å². The Morgan fingerprint density at radius 1 is 0.889 bits per heavy atom. The lowest BCUT2D eigenvalue weighted by atomic mass is 9.80. The zero-order chi connectivity index (χ0) is 25.6. The molecule has 1 aliphatic rings. The number of aromatic nitrogens is 1. The molecule has 1 aromatic heterocycles. The fourth-order valence-corrected chi connectivity index (χ4v) is 4.50. The summed E-state index contributed by atoms with van der Waals surface area (Å²) in [6, 6.07) is 10.6. The number of carbonyl (C=O) groups is 2. The standard InChI is InChI=1S/C31H39NO4/c1-3-5-7-9-24-10-15-26(16-11-24)31(34)36-29-20-13-25(14-21-29)12-18-28-19-17-27(23-32-28)30(33)35-22-8-6-4-2/h13-14,17,19-21,23-24,26H,3-11,15-16,22H2,1-2H3. The average molecular weight is 490 g/mol. The van der Waals surface area contributed by atoms with Gasteiger partial charge in [-0.05, 0) is 80.3 Å². The molecule has 1 heterocycles. The third-order valence-electron chi connectivity index (χ3n) is 6.78. The van der Waals surface area contributed by atoms with Crippen LogP contribution >= 0.6 is 0 Å². The van der Waals surface area contributed by atoms with Crippen LogP contribution in [0.15, 0.2) is 42.6 Å². The maximum absolute atomic E-state index is 12.6. The molecule has 1 aliphatic carbocycles. The number of rotatable bonds is 11. The molecule has 0 saturated heterocycles. The number of hydrogen-bond donors (Lipinski definition) is 0. The van der Waals surface area contributed by atoms with Gasteiger partial charge in [-0.25, -0.2) is 9.78 Å². The SMILES string of the molecule is CCCCCOC(=O)c1ccc(C#Cc2ccc(OC(=O)C3CCC(CCCCC)CC3)cc2)nc1. The van der Waals surface area contributed by atoms with E-state index in [2.05, 4.69) is 30.7 Å². The molecule has 0 spiro atoms. The number of carbonyl (C=O) groups excluding carboxylic acids is 2. The Labute approximate surface area is 216 Å². The van der Waals surface area contributed by atoms with E-state index in [0.29, 0.717) is 23.6 Å². The summed E-state index contributed by atoms with van der Waals surface area (Å²) in [5.41, 5.74) is 1.79. The van der Waals surface area contributed by atoms with Crippen LogP contribution in [0.25, 0.3) is 0 Å². The first-order valence-electron chi connectivity index (χ1n) is 13.6. The van der Waals surface area contributed by atoms with Crippen molar-refractivity contribution < 1.29 is 19.1 Å². The lowest BCUT2D eigenvalue weighted by molar-refractivity contribution is -0.140. The van der Waals surface area contributed by atoms with Gasteiger partial charge in [-0.1, -0.05) is 58.3 Å². The van der Waals surface area contributed by atoms with E-state index in [1.807, 2.05) is 12.1 Å². The summed E-state index contributed by atoms with van der Waals surface area (Å²) in [6.07, 6.45) is 13.8. The minimum absolute atomic E-state index is 0.00885. The molecule has 1 fully saturated rings. The second-order valence-electron chi connectivity index (χ2n) is 9.68. The van der Waals surface area contributed by atoms with E-state index < -0.39 is 0 Å². The van der Waals surface area contributed by atoms with Crippen LogP contribution in [-0.4, -0.2) is 23.5 Å². The van der Waals surface area contributed by atoms with Gasteiger partial charge in [0.15, 0.2) is 0 Å². The van der Waals surface area contributed by atoms with Gasteiger partial charge in [-0.15, -0.1) is 0 Å².